The topological polar surface area (TPSA) is 57.7 Å². The molecule has 3 rings (SSSR count). The molecule has 5 nitrogen and oxygen atoms in total. The van der Waals surface area contributed by atoms with Crippen molar-refractivity contribution in [2.75, 3.05) is 14.2 Å². The number of esters is 1. The van der Waals surface area contributed by atoms with Gasteiger partial charge in [0.05, 0.1) is 25.3 Å². The standard InChI is InChI=1S/C23H25NO4/c1-6-18-15(3)22(17-9-7-8-10-19(17)24-18)23(25)28-13-16-12-21(27-5)20(26-4)11-14(16)2/h7-12H,6,13H2,1-5H3. The molecule has 0 aliphatic heterocycles. The fourth-order valence-corrected chi connectivity index (χ4v) is 3.36. The van der Waals surface area contributed by atoms with E-state index in [1.54, 1.807) is 14.2 Å². The van der Waals surface area contributed by atoms with Crippen LogP contribution in [0.4, 0.5) is 0 Å². The summed E-state index contributed by atoms with van der Waals surface area (Å²) in [6, 6.07) is 11.4. The summed E-state index contributed by atoms with van der Waals surface area (Å²) in [6.45, 7) is 6.07. The number of hydrogen-bond acceptors (Lipinski definition) is 5. The largest absolute Gasteiger partial charge is 0.493 e. The lowest BCUT2D eigenvalue weighted by atomic mass is 10.0. The highest BCUT2D eigenvalue weighted by Crippen LogP contribution is 2.31. The zero-order valence-electron chi connectivity index (χ0n) is 17.0. The van der Waals surface area contributed by atoms with Gasteiger partial charge in [-0.15, -0.1) is 0 Å². The molecule has 0 bridgehead atoms. The molecule has 3 aromatic rings. The third-order valence-corrected chi connectivity index (χ3v) is 4.98. The number of benzene rings is 2. The van der Waals surface area contributed by atoms with E-state index in [0.29, 0.717) is 17.1 Å². The van der Waals surface area contributed by atoms with Crippen LogP contribution >= 0.6 is 0 Å². The molecule has 0 spiro atoms. The summed E-state index contributed by atoms with van der Waals surface area (Å²) in [5.74, 6) is 0.914. The second-order valence-electron chi connectivity index (χ2n) is 6.64. The van der Waals surface area contributed by atoms with Crippen LogP contribution in [-0.4, -0.2) is 25.2 Å². The van der Waals surface area contributed by atoms with Crippen molar-refractivity contribution in [2.45, 2.75) is 33.8 Å². The third kappa shape index (κ3) is 3.65. The van der Waals surface area contributed by atoms with Gasteiger partial charge in [0.2, 0.25) is 0 Å². The zero-order chi connectivity index (χ0) is 20.3. The number of methoxy groups -OCH3 is 2. The number of carbonyl (C=O) groups excluding carboxylic acids is 1. The molecule has 0 atom stereocenters. The summed E-state index contributed by atoms with van der Waals surface area (Å²) in [6.07, 6.45) is 0.756. The Morgan fingerprint density at radius 1 is 1.04 bits per heavy atom. The lowest BCUT2D eigenvalue weighted by molar-refractivity contribution is 0.0473. The molecule has 0 radical (unpaired) electrons. The Morgan fingerprint density at radius 2 is 1.71 bits per heavy atom. The average Bonchev–Trinajstić information content (AvgIpc) is 2.71. The normalized spacial score (nSPS) is 10.8. The van der Waals surface area contributed by atoms with Gasteiger partial charge < -0.3 is 14.2 Å². The van der Waals surface area contributed by atoms with E-state index in [1.807, 2.05) is 57.2 Å². The molecule has 5 heteroatoms. The third-order valence-electron chi connectivity index (χ3n) is 4.98. The molecule has 0 aliphatic carbocycles. The van der Waals surface area contributed by atoms with Crippen molar-refractivity contribution in [3.63, 3.8) is 0 Å². The lowest BCUT2D eigenvalue weighted by Crippen LogP contribution is -2.11. The summed E-state index contributed by atoms with van der Waals surface area (Å²) in [5.41, 5.74) is 5.01. The van der Waals surface area contributed by atoms with Gasteiger partial charge in [0.1, 0.15) is 6.61 Å². The second-order valence-corrected chi connectivity index (χ2v) is 6.64. The number of ether oxygens (including phenoxy) is 3. The SMILES string of the molecule is CCc1nc2ccccc2c(C(=O)OCc2cc(OC)c(OC)cc2C)c1C. The van der Waals surface area contributed by atoms with Gasteiger partial charge in [-0.05, 0) is 55.2 Å². The van der Waals surface area contributed by atoms with Crippen LogP contribution in [0.1, 0.15) is 39.7 Å². The van der Waals surface area contributed by atoms with Gasteiger partial charge in [-0.25, -0.2) is 4.79 Å². The first-order valence-corrected chi connectivity index (χ1v) is 9.27. The smallest absolute Gasteiger partial charge is 0.339 e. The number of nitrogens with zero attached hydrogens (tertiary/aromatic N) is 1. The van der Waals surface area contributed by atoms with E-state index in [1.165, 1.54) is 0 Å². The molecule has 28 heavy (non-hydrogen) atoms. The summed E-state index contributed by atoms with van der Waals surface area (Å²) in [4.78, 5) is 17.7. The number of para-hydroxylation sites is 1. The Balaban J connectivity index is 1.93. The van der Waals surface area contributed by atoms with Crippen molar-refractivity contribution in [2.24, 2.45) is 0 Å². The molecule has 0 saturated heterocycles. The Morgan fingerprint density at radius 3 is 2.39 bits per heavy atom. The first-order chi connectivity index (χ1) is 13.5. The highest BCUT2D eigenvalue weighted by Gasteiger charge is 2.19. The summed E-state index contributed by atoms with van der Waals surface area (Å²) < 4.78 is 16.4. The molecule has 1 aromatic heterocycles. The molecule has 0 fully saturated rings. The molecule has 0 N–H and O–H groups in total. The van der Waals surface area contributed by atoms with Crippen molar-refractivity contribution in [1.82, 2.24) is 4.98 Å². The highest BCUT2D eigenvalue weighted by molar-refractivity contribution is 6.05. The van der Waals surface area contributed by atoms with Crippen LogP contribution in [0.3, 0.4) is 0 Å². The van der Waals surface area contributed by atoms with Crippen LogP contribution < -0.4 is 9.47 Å². The van der Waals surface area contributed by atoms with Crippen LogP contribution in [0.25, 0.3) is 10.9 Å². The van der Waals surface area contributed by atoms with Crippen molar-refractivity contribution < 1.29 is 19.0 Å². The van der Waals surface area contributed by atoms with E-state index in [4.69, 9.17) is 14.2 Å². The van der Waals surface area contributed by atoms with Gasteiger partial charge in [0, 0.05) is 11.1 Å². The number of aryl methyl sites for hydroxylation is 2. The lowest BCUT2D eigenvalue weighted by Gasteiger charge is -2.15. The summed E-state index contributed by atoms with van der Waals surface area (Å²) in [7, 11) is 3.18. The number of hydrogen-bond donors (Lipinski definition) is 0. The molecule has 0 aliphatic rings. The van der Waals surface area contributed by atoms with Crippen LogP contribution in [0, 0.1) is 13.8 Å². The van der Waals surface area contributed by atoms with E-state index in [0.717, 1.165) is 39.7 Å². The number of fused-ring (bicyclic) bond motifs is 1. The predicted octanol–water partition coefficient (Wildman–Crippen LogP) is 4.79. The fourth-order valence-electron chi connectivity index (χ4n) is 3.36. The number of pyridine rings is 1. The van der Waals surface area contributed by atoms with Crippen LogP contribution in [-0.2, 0) is 17.8 Å². The zero-order valence-corrected chi connectivity index (χ0v) is 17.0. The molecule has 2 aromatic carbocycles. The van der Waals surface area contributed by atoms with E-state index < -0.39 is 0 Å². The minimum Gasteiger partial charge on any atom is -0.493 e. The van der Waals surface area contributed by atoms with E-state index >= 15 is 0 Å². The van der Waals surface area contributed by atoms with E-state index in [2.05, 4.69) is 4.98 Å². The minimum absolute atomic E-state index is 0.155. The first kappa shape index (κ1) is 19.7. The van der Waals surface area contributed by atoms with E-state index in [9.17, 15) is 4.79 Å². The molecule has 146 valence electrons. The molecule has 0 amide bonds. The van der Waals surface area contributed by atoms with Gasteiger partial charge in [0.25, 0.3) is 0 Å². The Hall–Kier alpha value is -3.08. The fraction of sp³-hybridized carbons (Fsp3) is 0.304. The van der Waals surface area contributed by atoms with E-state index in [-0.39, 0.29) is 12.6 Å². The van der Waals surface area contributed by atoms with Gasteiger partial charge in [0.15, 0.2) is 11.5 Å². The van der Waals surface area contributed by atoms with Crippen molar-refractivity contribution in [1.29, 1.82) is 0 Å². The number of aromatic nitrogens is 1. The minimum atomic E-state index is -0.347. The first-order valence-electron chi connectivity index (χ1n) is 9.27. The molecule has 0 saturated carbocycles. The van der Waals surface area contributed by atoms with Gasteiger partial charge >= 0.3 is 5.97 Å². The Kier molecular flexibility index (Phi) is 5.83. The van der Waals surface area contributed by atoms with Crippen molar-refractivity contribution in [3.05, 3.63) is 64.3 Å². The van der Waals surface area contributed by atoms with Crippen LogP contribution in [0.5, 0.6) is 11.5 Å². The summed E-state index contributed by atoms with van der Waals surface area (Å²) in [5, 5.41) is 0.811. The van der Waals surface area contributed by atoms with Gasteiger partial charge in [-0.1, -0.05) is 25.1 Å². The second kappa shape index (κ2) is 8.30. The maximum absolute atomic E-state index is 13.0. The highest BCUT2D eigenvalue weighted by atomic mass is 16.5. The molecular weight excluding hydrogens is 354 g/mol. The summed E-state index contributed by atoms with van der Waals surface area (Å²) >= 11 is 0. The van der Waals surface area contributed by atoms with Gasteiger partial charge in [-0.2, -0.15) is 0 Å². The van der Waals surface area contributed by atoms with Crippen molar-refractivity contribution in [3.8, 4) is 11.5 Å². The molecular formula is C23H25NO4. The molecule has 0 unspecified atom stereocenters. The van der Waals surface area contributed by atoms with Gasteiger partial charge in [-0.3, -0.25) is 4.98 Å². The molecule has 1 heterocycles. The maximum Gasteiger partial charge on any atom is 0.339 e. The number of rotatable bonds is 6. The Labute approximate surface area is 165 Å². The monoisotopic (exact) mass is 379 g/mol. The maximum atomic E-state index is 13.0. The average molecular weight is 379 g/mol. The van der Waals surface area contributed by atoms with Crippen molar-refractivity contribution >= 4 is 16.9 Å². The Bertz CT molecular complexity index is 1030. The predicted molar refractivity (Wildman–Crippen MR) is 109 cm³/mol. The van der Waals surface area contributed by atoms with Crippen LogP contribution in [0.15, 0.2) is 36.4 Å². The quantitative estimate of drug-likeness (QED) is 0.577. The number of carbonyl (C=O) groups is 1. The van der Waals surface area contributed by atoms with Crippen LogP contribution in [0.2, 0.25) is 0 Å².